The van der Waals surface area contributed by atoms with E-state index in [1.54, 1.807) is 11.8 Å². The largest absolute Gasteiger partial charge is 0.485 e. The lowest BCUT2D eigenvalue weighted by Gasteiger charge is -2.23. The number of aromatic nitrogens is 2. The van der Waals surface area contributed by atoms with Crippen LogP contribution in [-0.4, -0.2) is 22.6 Å². The van der Waals surface area contributed by atoms with Gasteiger partial charge in [0.15, 0.2) is 11.5 Å². The van der Waals surface area contributed by atoms with E-state index in [1.807, 2.05) is 30.3 Å². The van der Waals surface area contributed by atoms with Gasteiger partial charge >= 0.3 is 0 Å². The summed E-state index contributed by atoms with van der Waals surface area (Å²) in [7, 11) is 0. The average Bonchev–Trinajstić information content (AvgIpc) is 3.15. The van der Waals surface area contributed by atoms with Crippen molar-refractivity contribution in [2.75, 3.05) is 12.4 Å². The topological polar surface area (TPSA) is 57.4 Å². The van der Waals surface area contributed by atoms with E-state index in [-0.39, 0.29) is 6.10 Å². The summed E-state index contributed by atoms with van der Waals surface area (Å²) in [4.78, 5) is 0. The van der Waals surface area contributed by atoms with Gasteiger partial charge in [-0.25, -0.2) is 0 Å². The molecule has 4 rings (SSSR count). The molecule has 0 amide bonds. The first-order valence-electron chi connectivity index (χ1n) is 8.27. The number of thioether (sulfide) groups is 1. The number of hydrogen-bond acceptors (Lipinski definition) is 6. The van der Waals surface area contributed by atoms with Crippen LogP contribution in [0.1, 0.15) is 24.0 Å². The van der Waals surface area contributed by atoms with E-state index >= 15 is 0 Å². The van der Waals surface area contributed by atoms with Gasteiger partial charge in [0.05, 0.1) is 0 Å². The average molecular weight is 354 g/mol. The molecule has 3 aromatic rings. The molecule has 0 aliphatic carbocycles. The van der Waals surface area contributed by atoms with Gasteiger partial charge in [-0.15, -0.1) is 10.2 Å². The predicted molar refractivity (Wildman–Crippen MR) is 95.1 cm³/mol. The molecule has 0 fully saturated rings. The molecule has 1 aromatic heterocycles. The van der Waals surface area contributed by atoms with E-state index in [4.69, 9.17) is 13.9 Å². The number of hydrogen-bond donors (Lipinski definition) is 0. The monoisotopic (exact) mass is 354 g/mol. The Morgan fingerprint density at radius 3 is 2.64 bits per heavy atom. The Bertz CT molecular complexity index is 822. The van der Waals surface area contributed by atoms with Crippen molar-refractivity contribution in [2.24, 2.45) is 0 Å². The molecular weight excluding hydrogens is 336 g/mol. The normalized spacial score (nSPS) is 15.9. The second-order valence-electron chi connectivity index (χ2n) is 5.71. The Labute approximate surface area is 150 Å². The van der Waals surface area contributed by atoms with Gasteiger partial charge in [0.25, 0.3) is 11.1 Å². The van der Waals surface area contributed by atoms with E-state index < -0.39 is 0 Å². The molecule has 0 bridgehead atoms. The molecule has 2 heterocycles. The first-order chi connectivity index (χ1) is 12.4. The summed E-state index contributed by atoms with van der Waals surface area (Å²) in [6.07, 6.45) is 1.75. The summed E-state index contributed by atoms with van der Waals surface area (Å²) in [6, 6.07) is 18.0. The molecule has 6 heteroatoms. The lowest BCUT2D eigenvalue weighted by molar-refractivity contribution is 0.0686. The van der Waals surface area contributed by atoms with Gasteiger partial charge in [-0.1, -0.05) is 54.2 Å². The van der Waals surface area contributed by atoms with E-state index in [9.17, 15) is 0 Å². The summed E-state index contributed by atoms with van der Waals surface area (Å²) in [5, 5.41) is 8.78. The third-order valence-corrected chi connectivity index (χ3v) is 4.79. The number of nitrogens with zero attached hydrogens (tertiary/aromatic N) is 2. The lowest BCUT2D eigenvalue weighted by atomic mass is 10.1. The van der Waals surface area contributed by atoms with Crippen LogP contribution in [0.3, 0.4) is 0 Å². The van der Waals surface area contributed by atoms with Crippen LogP contribution in [-0.2, 0) is 6.42 Å². The highest BCUT2D eigenvalue weighted by atomic mass is 32.2. The van der Waals surface area contributed by atoms with Crippen molar-refractivity contribution in [1.29, 1.82) is 0 Å². The summed E-state index contributed by atoms with van der Waals surface area (Å²) in [5.41, 5.74) is 1.35. The number of rotatable bonds is 6. The maximum atomic E-state index is 5.88. The molecule has 0 N–H and O–H groups in total. The lowest BCUT2D eigenvalue weighted by Crippen LogP contribution is -2.21. The van der Waals surface area contributed by atoms with Crippen molar-refractivity contribution < 1.29 is 13.9 Å². The summed E-state index contributed by atoms with van der Waals surface area (Å²) in [5.74, 6) is 2.84. The highest BCUT2D eigenvalue weighted by Gasteiger charge is 2.27. The van der Waals surface area contributed by atoms with Crippen LogP contribution in [0.2, 0.25) is 0 Å². The quantitative estimate of drug-likeness (QED) is 0.486. The standard InChI is InChI=1S/C19H18N2O3S/c1-2-7-14(8-3-1)9-6-12-25-19-21-20-18(24-19)17-13-22-15-10-4-5-11-16(15)23-17/h1-5,7-8,10-11,17H,6,9,12-13H2. The number of benzene rings is 2. The second kappa shape index (κ2) is 7.61. The molecule has 128 valence electrons. The third kappa shape index (κ3) is 3.96. The Morgan fingerprint density at radius 1 is 0.960 bits per heavy atom. The van der Waals surface area contributed by atoms with Crippen LogP contribution < -0.4 is 9.47 Å². The van der Waals surface area contributed by atoms with Gasteiger partial charge in [0.2, 0.25) is 6.10 Å². The van der Waals surface area contributed by atoms with Crippen molar-refractivity contribution in [3.8, 4) is 11.5 Å². The van der Waals surface area contributed by atoms with Crippen LogP contribution in [0.15, 0.2) is 64.2 Å². The Balaban J connectivity index is 1.29. The number of ether oxygens (including phenoxy) is 2. The first kappa shape index (κ1) is 16.0. The van der Waals surface area contributed by atoms with E-state index in [0.717, 1.165) is 24.3 Å². The highest BCUT2D eigenvalue weighted by molar-refractivity contribution is 7.99. The molecule has 5 nitrogen and oxygen atoms in total. The molecule has 1 aliphatic rings. The van der Waals surface area contributed by atoms with Crippen molar-refractivity contribution in [2.45, 2.75) is 24.2 Å². The Kier molecular flexibility index (Phi) is 4.88. The summed E-state index contributed by atoms with van der Waals surface area (Å²) >= 11 is 1.57. The Hall–Kier alpha value is -2.47. The number of para-hydroxylation sites is 2. The minimum Gasteiger partial charge on any atom is -0.485 e. The van der Waals surface area contributed by atoms with Gasteiger partial charge in [-0.05, 0) is 30.5 Å². The fourth-order valence-electron chi connectivity index (χ4n) is 2.63. The fourth-order valence-corrected chi connectivity index (χ4v) is 3.34. The SMILES string of the molecule is c1ccc(CCCSc2nnc(C3COc4ccccc4O3)o2)cc1. The predicted octanol–water partition coefficient (Wildman–Crippen LogP) is 4.31. The van der Waals surface area contributed by atoms with Gasteiger partial charge < -0.3 is 13.9 Å². The summed E-state index contributed by atoms with van der Waals surface area (Å²) < 4.78 is 17.3. The molecule has 1 unspecified atom stereocenters. The third-order valence-electron chi connectivity index (χ3n) is 3.88. The summed E-state index contributed by atoms with van der Waals surface area (Å²) in [6.45, 7) is 0.372. The molecule has 2 aromatic carbocycles. The maximum Gasteiger partial charge on any atom is 0.276 e. The van der Waals surface area contributed by atoms with E-state index in [1.165, 1.54) is 5.56 Å². The molecular formula is C19H18N2O3S. The highest BCUT2D eigenvalue weighted by Crippen LogP contribution is 2.35. The number of aryl methyl sites for hydroxylation is 1. The van der Waals surface area contributed by atoms with Crippen LogP contribution >= 0.6 is 11.8 Å². The minimum absolute atomic E-state index is 0.360. The zero-order valence-corrected chi connectivity index (χ0v) is 14.4. The molecule has 0 spiro atoms. The van der Waals surface area contributed by atoms with Crippen LogP contribution in [0.4, 0.5) is 0 Å². The van der Waals surface area contributed by atoms with Gasteiger partial charge in [-0.2, -0.15) is 0 Å². The zero-order chi connectivity index (χ0) is 16.9. The molecule has 0 radical (unpaired) electrons. The second-order valence-corrected chi connectivity index (χ2v) is 6.75. The van der Waals surface area contributed by atoms with E-state index in [0.29, 0.717) is 23.5 Å². The minimum atomic E-state index is -0.360. The smallest absolute Gasteiger partial charge is 0.276 e. The van der Waals surface area contributed by atoms with Crippen molar-refractivity contribution in [3.63, 3.8) is 0 Å². The fraction of sp³-hybridized carbons (Fsp3) is 0.263. The van der Waals surface area contributed by atoms with Gasteiger partial charge in [0, 0.05) is 5.75 Å². The van der Waals surface area contributed by atoms with Crippen LogP contribution in [0.25, 0.3) is 0 Å². The molecule has 25 heavy (non-hydrogen) atoms. The van der Waals surface area contributed by atoms with Gasteiger partial charge in [-0.3, -0.25) is 0 Å². The van der Waals surface area contributed by atoms with Crippen molar-refractivity contribution in [1.82, 2.24) is 10.2 Å². The van der Waals surface area contributed by atoms with Crippen LogP contribution in [0.5, 0.6) is 11.5 Å². The van der Waals surface area contributed by atoms with Gasteiger partial charge in [0.1, 0.15) is 6.61 Å². The van der Waals surface area contributed by atoms with E-state index in [2.05, 4.69) is 34.5 Å². The zero-order valence-electron chi connectivity index (χ0n) is 13.6. The molecule has 0 saturated heterocycles. The first-order valence-corrected chi connectivity index (χ1v) is 9.25. The molecule has 1 aliphatic heterocycles. The molecule has 0 saturated carbocycles. The Morgan fingerprint density at radius 2 is 1.76 bits per heavy atom. The number of fused-ring (bicyclic) bond motifs is 1. The van der Waals surface area contributed by atoms with Crippen LogP contribution in [0, 0.1) is 0 Å². The maximum absolute atomic E-state index is 5.88. The molecule has 1 atom stereocenters. The van der Waals surface area contributed by atoms with Crippen molar-refractivity contribution in [3.05, 3.63) is 66.1 Å². The van der Waals surface area contributed by atoms with Crippen molar-refractivity contribution >= 4 is 11.8 Å².